The Hall–Kier alpha value is -0.860. The van der Waals surface area contributed by atoms with Crippen molar-refractivity contribution in [1.29, 1.82) is 0 Å². The van der Waals surface area contributed by atoms with Gasteiger partial charge in [-0.2, -0.15) is 0 Å². The summed E-state index contributed by atoms with van der Waals surface area (Å²) in [6.45, 7) is 4.60. The second-order valence-electron chi connectivity index (χ2n) is 5.99. The molecule has 18 heavy (non-hydrogen) atoms. The van der Waals surface area contributed by atoms with Crippen LogP contribution in [0.4, 0.5) is 0 Å². The van der Waals surface area contributed by atoms with Crippen LogP contribution in [0.1, 0.15) is 30.4 Å². The molecular weight excluding hydrogens is 222 g/mol. The molecule has 0 atom stereocenters. The van der Waals surface area contributed by atoms with Crippen molar-refractivity contribution in [3.05, 3.63) is 35.4 Å². The fourth-order valence-electron chi connectivity index (χ4n) is 2.88. The van der Waals surface area contributed by atoms with Gasteiger partial charge in [0, 0.05) is 25.1 Å². The number of benzene rings is 1. The Morgan fingerprint density at radius 3 is 2.67 bits per heavy atom. The first-order chi connectivity index (χ1) is 8.63. The lowest BCUT2D eigenvalue weighted by Gasteiger charge is -2.43. The Morgan fingerprint density at radius 1 is 1.33 bits per heavy atom. The molecule has 0 unspecified atom stereocenters. The Morgan fingerprint density at radius 2 is 2.11 bits per heavy atom. The number of hydrogen-bond donors (Lipinski definition) is 1. The summed E-state index contributed by atoms with van der Waals surface area (Å²) in [6.07, 6.45) is 4.77. The van der Waals surface area contributed by atoms with E-state index in [-0.39, 0.29) is 5.41 Å². The van der Waals surface area contributed by atoms with Crippen molar-refractivity contribution in [2.45, 2.75) is 32.6 Å². The molecule has 1 aliphatic rings. The van der Waals surface area contributed by atoms with E-state index in [0.29, 0.717) is 6.61 Å². The van der Waals surface area contributed by atoms with Crippen LogP contribution in [0.5, 0.6) is 0 Å². The molecule has 1 N–H and O–H groups in total. The van der Waals surface area contributed by atoms with Crippen molar-refractivity contribution in [2.75, 3.05) is 26.7 Å². The van der Waals surface area contributed by atoms with E-state index in [2.05, 4.69) is 43.1 Å². The van der Waals surface area contributed by atoms with Gasteiger partial charge in [-0.3, -0.25) is 0 Å². The maximum Gasteiger partial charge on any atom is 0.0499 e. The zero-order valence-electron chi connectivity index (χ0n) is 11.7. The van der Waals surface area contributed by atoms with E-state index in [4.69, 9.17) is 0 Å². The second-order valence-corrected chi connectivity index (χ2v) is 5.99. The van der Waals surface area contributed by atoms with Crippen LogP contribution in [0.2, 0.25) is 0 Å². The predicted octanol–water partition coefficient (Wildman–Crippen LogP) is 2.63. The Balaban J connectivity index is 1.79. The lowest BCUT2D eigenvalue weighted by molar-refractivity contribution is 0.0149. The topological polar surface area (TPSA) is 23.5 Å². The highest BCUT2D eigenvalue weighted by Gasteiger charge is 2.36. The van der Waals surface area contributed by atoms with Gasteiger partial charge in [-0.1, -0.05) is 36.2 Å². The number of aliphatic hydroxyl groups excluding tert-OH is 1. The van der Waals surface area contributed by atoms with Crippen LogP contribution < -0.4 is 0 Å². The van der Waals surface area contributed by atoms with Crippen LogP contribution in [0.3, 0.4) is 0 Å². The van der Waals surface area contributed by atoms with Crippen LogP contribution >= 0.6 is 0 Å². The zero-order valence-corrected chi connectivity index (χ0v) is 11.7. The minimum absolute atomic E-state index is 0.210. The summed E-state index contributed by atoms with van der Waals surface area (Å²) in [7, 11) is 2.17. The fourth-order valence-corrected chi connectivity index (χ4v) is 2.88. The number of aryl methyl sites for hydroxylation is 1. The zero-order chi connectivity index (χ0) is 13.0. The van der Waals surface area contributed by atoms with Crippen LogP contribution in [-0.2, 0) is 6.42 Å². The largest absolute Gasteiger partial charge is 0.396 e. The molecule has 0 aliphatic heterocycles. The number of rotatable bonds is 6. The fraction of sp³-hybridized carbons (Fsp3) is 0.625. The Labute approximate surface area is 111 Å². The van der Waals surface area contributed by atoms with Crippen molar-refractivity contribution >= 4 is 0 Å². The highest BCUT2D eigenvalue weighted by molar-refractivity contribution is 5.22. The van der Waals surface area contributed by atoms with Crippen molar-refractivity contribution in [2.24, 2.45) is 5.41 Å². The molecule has 1 saturated carbocycles. The maximum absolute atomic E-state index is 9.48. The van der Waals surface area contributed by atoms with Crippen LogP contribution in [0.15, 0.2) is 24.3 Å². The Bertz CT molecular complexity index is 379. The minimum atomic E-state index is 0.210. The normalized spacial score (nSPS) is 17.8. The van der Waals surface area contributed by atoms with E-state index in [9.17, 15) is 5.11 Å². The summed E-state index contributed by atoms with van der Waals surface area (Å²) in [5.41, 5.74) is 2.95. The molecule has 2 heteroatoms. The molecule has 1 aliphatic carbocycles. The smallest absolute Gasteiger partial charge is 0.0499 e. The van der Waals surface area contributed by atoms with Crippen LogP contribution in [0, 0.1) is 12.3 Å². The van der Waals surface area contributed by atoms with E-state index in [0.717, 1.165) is 19.5 Å². The third-order valence-corrected chi connectivity index (χ3v) is 4.22. The molecule has 0 amide bonds. The molecule has 0 heterocycles. The molecule has 0 saturated heterocycles. The summed E-state index contributed by atoms with van der Waals surface area (Å²) >= 11 is 0. The number of nitrogens with zero attached hydrogens (tertiary/aromatic N) is 1. The van der Waals surface area contributed by atoms with Gasteiger partial charge in [0.05, 0.1) is 0 Å². The van der Waals surface area contributed by atoms with Crippen LogP contribution in [0.25, 0.3) is 0 Å². The van der Waals surface area contributed by atoms with Crippen LogP contribution in [-0.4, -0.2) is 36.8 Å². The first-order valence-corrected chi connectivity index (χ1v) is 6.99. The van der Waals surface area contributed by atoms with Gasteiger partial charge in [0.15, 0.2) is 0 Å². The third-order valence-electron chi connectivity index (χ3n) is 4.22. The van der Waals surface area contributed by atoms with Crippen molar-refractivity contribution < 1.29 is 5.11 Å². The molecular formula is C16H25NO. The van der Waals surface area contributed by atoms with Gasteiger partial charge in [0.1, 0.15) is 0 Å². The summed E-state index contributed by atoms with van der Waals surface area (Å²) in [6, 6.07) is 8.74. The summed E-state index contributed by atoms with van der Waals surface area (Å²) in [5, 5.41) is 9.48. The number of hydrogen-bond acceptors (Lipinski definition) is 2. The summed E-state index contributed by atoms with van der Waals surface area (Å²) < 4.78 is 0. The molecule has 1 aromatic carbocycles. The highest BCUT2D eigenvalue weighted by Crippen LogP contribution is 2.40. The lowest BCUT2D eigenvalue weighted by atomic mass is 9.69. The number of aliphatic hydroxyl groups is 1. The predicted molar refractivity (Wildman–Crippen MR) is 75.7 cm³/mol. The molecule has 1 aromatic rings. The van der Waals surface area contributed by atoms with Gasteiger partial charge in [0.25, 0.3) is 0 Å². The van der Waals surface area contributed by atoms with Gasteiger partial charge in [-0.25, -0.2) is 0 Å². The van der Waals surface area contributed by atoms with E-state index in [1.54, 1.807) is 0 Å². The third kappa shape index (κ3) is 3.33. The molecule has 2 nitrogen and oxygen atoms in total. The molecule has 0 bridgehead atoms. The SMILES string of the molecule is Cc1cccc(CCN(C)CC2(CO)CCC2)c1. The molecule has 0 radical (unpaired) electrons. The van der Waals surface area contributed by atoms with Gasteiger partial charge >= 0.3 is 0 Å². The number of likely N-dealkylation sites (N-methyl/N-ethyl adjacent to an activating group) is 1. The van der Waals surface area contributed by atoms with Gasteiger partial charge in [-0.15, -0.1) is 0 Å². The molecule has 2 rings (SSSR count). The first-order valence-electron chi connectivity index (χ1n) is 6.99. The standard InChI is InChI=1S/C16H25NO/c1-14-5-3-6-15(11-14)7-10-17(2)12-16(13-18)8-4-9-16/h3,5-6,11,18H,4,7-10,12-13H2,1-2H3. The van der Waals surface area contributed by atoms with Gasteiger partial charge in [-0.05, 0) is 38.8 Å². The van der Waals surface area contributed by atoms with Crippen molar-refractivity contribution in [3.63, 3.8) is 0 Å². The Kier molecular flexibility index (Phi) is 4.41. The van der Waals surface area contributed by atoms with Crippen molar-refractivity contribution in [1.82, 2.24) is 4.90 Å². The highest BCUT2D eigenvalue weighted by atomic mass is 16.3. The first kappa shape index (κ1) is 13.6. The quantitative estimate of drug-likeness (QED) is 0.835. The monoisotopic (exact) mass is 247 g/mol. The average Bonchev–Trinajstić information content (AvgIpc) is 2.31. The second kappa shape index (κ2) is 5.85. The molecule has 1 fully saturated rings. The lowest BCUT2D eigenvalue weighted by Crippen LogP contribution is -2.44. The van der Waals surface area contributed by atoms with E-state index < -0.39 is 0 Å². The minimum Gasteiger partial charge on any atom is -0.396 e. The molecule has 100 valence electrons. The van der Waals surface area contributed by atoms with E-state index >= 15 is 0 Å². The van der Waals surface area contributed by atoms with Crippen molar-refractivity contribution in [3.8, 4) is 0 Å². The van der Waals surface area contributed by atoms with Gasteiger partial charge < -0.3 is 10.0 Å². The van der Waals surface area contributed by atoms with E-state index in [1.807, 2.05) is 0 Å². The van der Waals surface area contributed by atoms with Gasteiger partial charge in [0.2, 0.25) is 0 Å². The molecule has 0 spiro atoms. The average molecular weight is 247 g/mol. The van der Waals surface area contributed by atoms with E-state index in [1.165, 1.54) is 30.4 Å². The maximum atomic E-state index is 9.48. The summed E-state index contributed by atoms with van der Waals surface area (Å²) in [4.78, 5) is 2.37. The summed E-state index contributed by atoms with van der Waals surface area (Å²) in [5.74, 6) is 0. The molecule has 0 aromatic heterocycles.